The molecule has 0 radical (unpaired) electrons. The number of anilines is 1. The van der Waals surface area contributed by atoms with Crippen LogP contribution in [0.15, 0.2) is 12.4 Å². The molecule has 1 aromatic rings. The van der Waals surface area contributed by atoms with Gasteiger partial charge in [0.2, 0.25) is 5.95 Å². The van der Waals surface area contributed by atoms with Gasteiger partial charge in [0.05, 0.1) is 0 Å². The second-order valence-electron chi connectivity index (χ2n) is 5.12. The summed E-state index contributed by atoms with van der Waals surface area (Å²) in [4.78, 5) is 11.2. The third kappa shape index (κ3) is 3.53. The van der Waals surface area contributed by atoms with E-state index in [1.807, 2.05) is 12.4 Å². The number of hydrogen-bond acceptors (Lipinski definition) is 3. The molecule has 1 aromatic heterocycles. The van der Waals surface area contributed by atoms with Gasteiger partial charge in [-0.05, 0) is 53.7 Å². The summed E-state index contributed by atoms with van der Waals surface area (Å²) in [5.41, 5.74) is 0. The third-order valence-corrected chi connectivity index (χ3v) is 4.16. The highest BCUT2D eigenvalue weighted by Crippen LogP contribution is 2.25. The Balaban J connectivity index is 2.01. The smallest absolute Gasteiger partial charge is 0.225 e. The van der Waals surface area contributed by atoms with Crippen LogP contribution < -0.4 is 4.90 Å². The summed E-state index contributed by atoms with van der Waals surface area (Å²) >= 11 is 2.24. The van der Waals surface area contributed by atoms with E-state index in [9.17, 15) is 0 Å². The van der Waals surface area contributed by atoms with Crippen molar-refractivity contribution in [3.63, 3.8) is 0 Å². The van der Waals surface area contributed by atoms with Gasteiger partial charge in [0.15, 0.2) is 0 Å². The van der Waals surface area contributed by atoms with Gasteiger partial charge in [-0.15, -0.1) is 0 Å². The van der Waals surface area contributed by atoms with Gasteiger partial charge < -0.3 is 4.90 Å². The molecule has 2 heterocycles. The average molecular weight is 345 g/mol. The summed E-state index contributed by atoms with van der Waals surface area (Å²) in [6, 6.07) is 0. The molecule has 17 heavy (non-hydrogen) atoms. The molecule has 0 saturated carbocycles. The second-order valence-corrected chi connectivity index (χ2v) is 6.37. The molecule has 0 bridgehead atoms. The number of hydrogen-bond donors (Lipinski definition) is 0. The molecular formula is C13H20IN3. The largest absolute Gasteiger partial charge is 0.341 e. The number of aromatic nitrogens is 2. The Hall–Kier alpha value is -0.390. The van der Waals surface area contributed by atoms with Crippen molar-refractivity contribution in [3.05, 3.63) is 16.0 Å². The van der Waals surface area contributed by atoms with Gasteiger partial charge >= 0.3 is 0 Å². The van der Waals surface area contributed by atoms with Gasteiger partial charge in [0.1, 0.15) is 0 Å². The van der Waals surface area contributed by atoms with Crippen LogP contribution >= 0.6 is 22.6 Å². The predicted molar refractivity (Wildman–Crippen MR) is 79.1 cm³/mol. The standard InChI is InChI=1S/C13H20IN3/c1-10(2)11-4-3-6-17(7-5-11)13-15-8-12(14)9-16-13/h8-11H,3-7H2,1-2H3. The summed E-state index contributed by atoms with van der Waals surface area (Å²) in [5.74, 6) is 2.56. The van der Waals surface area contributed by atoms with Crippen molar-refractivity contribution in [3.8, 4) is 0 Å². The molecule has 1 fully saturated rings. The lowest BCUT2D eigenvalue weighted by atomic mass is 9.89. The van der Waals surface area contributed by atoms with Crippen molar-refractivity contribution in [1.82, 2.24) is 9.97 Å². The topological polar surface area (TPSA) is 29.0 Å². The highest BCUT2D eigenvalue weighted by atomic mass is 127. The van der Waals surface area contributed by atoms with Crippen molar-refractivity contribution in [1.29, 1.82) is 0 Å². The first-order valence-corrected chi connectivity index (χ1v) is 7.47. The maximum Gasteiger partial charge on any atom is 0.225 e. The highest BCUT2D eigenvalue weighted by Gasteiger charge is 2.20. The van der Waals surface area contributed by atoms with Crippen molar-refractivity contribution < 1.29 is 0 Å². The molecular weight excluding hydrogens is 325 g/mol. The number of nitrogens with zero attached hydrogens (tertiary/aromatic N) is 3. The molecule has 0 N–H and O–H groups in total. The van der Waals surface area contributed by atoms with Crippen molar-refractivity contribution in [2.24, 2.45) is 11.8 Å². The fraction of sp³-hybridized carbons (Fsp3) is 0.692. The maximum absolute atomic E-state index is 4.42. The first kappa shape index (κ1) is 13.1. The molecule has 4 heteroatoms. The van der Waals surface area contributed by atoms with Crippen LogP contribution in [0.5, 0.6) is 0 Å². The molecule has 2 rings (SSSR count). The SMILES string of the molecule is CC(C)C1CCCN(c2ncc(I)cn2)CC1. The van der Waals surface area contributed by atoms with Gasteiger partial charge in [-0.25, -0.2) is 9.97 Å². The Kier molecular flexibility index (Phi) is 4.59. The van der Waals surface area contributed by atoms with Crippen LogP contribution in [0.3, 0.4) is 0 Å². The van der Waals surface area contributed by atoms with E-state index >= 15 is 0 Å². The molecule has 3 nitrogen and oxygen atoms in total. The second kappa shape index (κ2) is 5.98. The van der Waals surface area contributed by atoms with E-state index in [0.717, 1.165) is 34.4 Å². The van der Waals surface area contributed by atoms with E-state index in [-0.39, 0.29) is 0 Å². The van der Waals surface area contributed by atoms with E-state index < -0.39 is 0 Å². The Labute approximate surface area is 117 Å². The van der Waals surface area contributed by atoms with E-state index in [0.29, 0.717) is 0 Å². The van der Waals surface area contributed by atoms with Crippen LogP contribution in [0.1, 0.15) is 33.1 Å². The summed E-state index contributed by atoms with van der Waals surface area (Å²) in [5, 5.41) is 0. The van der Waals surface area contributed by atoms with E-state index in [4.69, 9.17) is 0 Å². The number of halogens is 1. The molecule has 1 aliphatic heterocycles. The minimum absolute atomic E-state index is 0.799. The van der Waals surface area contributed by atoms with Crippen LogP contribution in [0.4, 0.5) is 5.95 Å². The summed E-state index contributed by atoms with van der Waals surface area (Å²) < 4.78 is 1.10. The third-order valence-electron chi connectivity index (χ3n) is 3.61. The van der Waals surface area contributed by atoms with E-state index in [2.05, 4.69) is 51.3 Å². The first-order valence-electron chi connectivity index (χ1n) is 6.39. The lowest BCUT2D eigenvalue weighted by Crippen LogP contribution is -2.26. The van der Waals surface area contributed by atoms with Crippen molar-refractivity contribution in [2.45, 2.75) is 33.1 Å². The quantitative estimate of drug-likeness (QED) is 0.770. The van der Waals surface area contributed by atoms with Gasteiger partial charge in [-0.1, -0.05) is 13.8 Å². The van der Waals surface area contributed by atoms with E-state index in [1.54, 1.807) is 0 Å². The summed E-state index contributed by atoms with van der Waals surface area (Å²) in [6.07, 6.45) is 7.67. The zero-order chi connectivity index (χ0) is 12.3. The zero-order valence-electron chi connectivity index (χ0n) is 10.6. The molecule has 1 saturated heterocycles. The Bertz CT molecular complexity index is 350. The van der Waals surface area contributed by atoms with Crippen molar-refractivity contribution >= 4 is 28.5 Å². The monoisotopic (exact) mass is 345 g/mol. The fourth-order valence-corrected chi connectivity index (χ4v) is 2.74. The Morgan fingerprint density at radius 3 is 2.59 bits per heavy atom. The van der Waals surface area contributed by atoms with Gasteiger partial charge in [0, 0.05) is 29.1 Å². The highest BCUT2D eigenvalue weighted by molar-refractivity contribution is 14.1. The Morgan fingerprint density at radius 2 is 1.94 bits per heavy atom. The predicted octanol–water partition coefficient (Wildman–Crippen LogP) is 3.34. The van der Waals surface area contributed by atoms with Crippen LogP contribution in [-0.4, -0.2) is 23.1 Å². The zero-order valence-corrected chi connectivity index (χ0v) is 12.7. The van der Waals surface area contributed by atoms with Gasteiger partial charge in [-0.2, -0.15) is 0 Å². The van der Waals surface area contributed by atoms with Crippen molar-refractivity contribution in [2.75, 3.05) is 18.0 Å². The molecule has 0 amide bonds. The molecule has 1 aliphatic rings. The molecule has 94 valence electrons. The molecule has 1 unspecified atom stereocenters. The first-order chi connectivity index (χ1) is 8.16. The average Bonchev–Trinajstić information content (AvgIpc) is 2.55. The van der Waals surface area contributed by atoms with Crippen LogP contribution in [0.2, 0.25) is 0 Å². The van der Waals surface area contributed by atoms with Gasteiger partial charge in [-0.3, -0.25) is 0 Å². The molecule has 1 atom stereocenters. The molecule has 0 aliphatic carbocycles. The summed E-state index contributed by atoms with van der Waals surface area (Å²) in [7, 11) is 0. The fourth-order valence-electron chi connectivity index (χ4n) is 2.46. The normalized spacial score (nSPS) is 21.6. The number of rotatable bonds is 2. The Morgan fingerprint density at radius 1 is 1.24 bits per heavy atom. The lowest BCUT2D eigenvalue weighted by molar-refractivity contribution is 0.351. The molecule has 0 aromatic carbocycles. The van der Waals surface area contributed by atoms with Gasteiger partial charge in [0.25, 0.3) is 0 Å². The maximum atomic E-state index is 4.42. The van der Waals surface area contributed by atoms with Crippen LogP contribution in [0, 0.1) is 15.4 Å². The van der Waals surface area contributed by atoms with Crippen LogP contribution in [-0.2, 0) is 0 Å². The molecule has 0 spiro atoms. The minimum atomic E-state index is 0.799. The summed E-state index contributed by atoms with van der Waals surface area (Å²) in [6.45, 7) is 6.87. The van der Waals surface area contributed by atoms with Crippen LogP contribution in [0.25, 0.3) is 0 Å². The van der Waals surface area contributed by atoms with E-state index in [1.165, 1.54) is 19.3 Å². The minimum Gasteiger partial charge on any atom is -0.341 e. The lowest BCUT2D eigenvalue weighted by Gasteiger charge is -2.21.